The summed E-state index contributed by atoms with van der Waals surface area (Å²) < 4.78 is 0. The molecule has 2 N–H and O–H groups in total. The minimum Gasteiger partial charge on any atom is -0.362 e. The van der Waals surface area contributed by atoms with E-state index in [9.17, 15) is 9.59 Å². The Kier molecular flexibility index (Phi) is 7.13. The number of anilines is 2. The van der Waals surface area contributed by atoms with Gasteiger partial charge >= 0.3 is 0 Å². The molecule has 2 fully saturated rings. The topological polar surface area (TPSA) is 90.5 Å². The molecule has 3 heterocycles. The Morgan fingerprint density at radius 3 is 2.66 bits per heavy atom. The summed E-state index contributed by atoms with van der Waals surface area (Å²) in [5.41, 5.74) is 0.928. The van der Waals surface area contributed by atoms with E-state index in [1.807, 2.05) is 48.2 Å². The zero-order valence-electron chi connectivity index (χ0n) is 20.4. The van der Waals surface area contributed by atoms with E-state index in [0.29, 0.717) is 24.2 Å². The van der Waals surface area contributed by atoms with Gasteiger partial charge in [0.2, 0.25) is 17.8 Å². The number of carbonyl (C=O) groups is 2. The molecule has 1 aliphatic carbocycles. The van der Waals surface area contributed by atoms with Crippen LogP contribution >= 0.6 is 11.8 Å². The summed E-state index contributed by atoms with van der Waals surface area (Å²) >= 11 is 1.78. The molecule has 2 aromatic rings. The van der Waals surface area contributed by atoms with Crippen molar-refractivity contribution < 1.29 is 9.59 Å². The number of thioether (sulfide) groups is 1. The number of allylic oxidation sites excluding steroid dienone is 1. The third-order valence-corrected chi connectivity index (χ3v) is 8.27. The molecule has 3 aliphatic rings. The van der Waals surface area contributed by atoms with Crippen molar-refractivity contribution in [3.8, 4) is 0 Å². The number of nitrogens with zero attached hydrogens (tertiary/aromatic N) is 4. The first kappa shape index (κ1) is 23.9. The van der Waals surface area contributed by atoms with Crippen molar-refractivity contribution >= 4 is 46.2 Å². The molecule has 1 saturated carbocycles. The van der Waals surface area contributed by atoms with Gasteiger partial charge in [0, 0.05) is 56.3 Å². The van der Waals surface area contributed by atoms with Crippen LogP contribution in [-0.2, 0) is 9.59 Å². The molecule has 2 unspecified atom stereocenters. The molecule has 2 atom stereocenters. The standard InChI is InChI=1S/C26H34N6O2S/c1-31(2)24-21-7-3-4-8-22(21)29-26(30-24)28-19-11-9-18(10-12-19)27-25(34)17-14-23(33)32(15-17)16-20-6-5-13-35-20/h3-5,7-8,13,17-20H,6,9-12,14-16H2,1-2H3,(H,27,34)(H,28,29,30)/t17?,18-,19+,20?. The molecule has 35 heavy (non-hydrogen) atoms. The van der Waals surface area contributed by atoms with Crippen LogP contribution in [0.4, 0.5) is 11.8 Å². The molecular formula is C26H34N6O2S. The number of para-hydroxylation sites is 1. The van der Waals surface area contributed by atoms with Gasteiger partial charge in [-0.25, -0.2) is 4.98 Å². The van der Waals surface area contributed by atoms with E-state index in [-0.39, 0.29) is 29.8 Å². The van der Waals surface area contributed by atoms with Gasteiger partial charge in [-0.2, -0.15) is 4.98 Å². The highest BCUT2D eigenvalue weighted by Crippen LogP contribution is 2.29. The van der Waals surface area contributed by atoms with E-state index in [4.69, 9.17) is 9.97 Å². The lowest BCUT2D eigenvalue weighted by atomic mass is 9.90. The third-order valence-electron chi connectivity index (χ3n) is 7.19. The Balaban J connectivity index is 1.11. The maximum Gasteiger partial charge on any atom is 0.225 e. The minimum atomic E-state index is -0.229. The first-order valence-electron chi connectivity index (χ1n) is 12.6. The number of amides is 2. The van der Waals surface area contributed by atoms with E-state index >= 15 is 0 Å². The molecule has 9 heteroatoms. The molecule has 1 aromatic carbocycles. The lowest BCUT2D eigenvalue weighted by Crippen LogP contribution is -2.43. The SMILES string of the molecule is CN(C)c1nc(N[C@H]2CC[C@@H](NC(=O)C3CC(=O)N(CC4CC=CS4)C3)CC2)nc2ccccc12. The Hall–Kier alpha value is -2.81. The molecule has 1 aromatic heterocycles. The number of aromatic nitrogens is 2. The van der Waals surface area contributed by atoms with Crippen molar-refractivity contribution in [1.29, 1.82) is 0 Å². The van der Waals surface area contributed by atoms with Crippen LogP contribution in [0.1, 0.15) is 38.5 Å². The Morgan fingerprint density at radius 1 is 1.14 bits per heavy atom. The molecular weight excluding hydrogens is 460 g/mol. The monoisotopic (exact) mass is 494 g/mol. The van der Waals surface area contributed by atoms with Crippen LogP contribution in [0.2, 0.25) is 0 Å². The lowest BCUT2D eigenvalue weighted by molar-refractivity contribution is -0.129. The first-order valence-corrected chi connectivity index (χ1v) is 13.5. The van der Waals surface area contributed by atoms with Gasteiger partial charge in [-0.05, 0) is 49.6 Å². The number of nitrogens with one attached hydrogen (secondary N) is 2. The van der Waals surface area contributed by atoms with Crippen LogP contribution < -0.4 is 15.5 Å². The van der Waals surface area contributed by atoms with Crippen LogP contribution in [0, 0.1) is 5.92 Å². The number of likely N-dealkylation sites (tertiary alicyclic amines) is 1. The number of carbonyl (C=O) groups excluding carboxylic acids is 2. The van der Waals surface area contributed by atoms with Crippen LogP contribution in [-0.4, -0.2) is 71.2 Å². The van der Waals surface area contributed by atoms with Crippen molar-refractivity contribution in [2.45, 2.75) is 55.9 Å². The lowest BCUT2D eigenvalue weighted by Gasteiger charge is -2.30. The van der Waals surface area contributed by atoms with Crippen molar-refractivity contribution in [3.63, 3.8) is 0 Å². The number of hydrogen-bond donors (Lipinski definition) is 2. The number of hydrogen-bond acceptors (Lipinski definition) is 7. The second kappa shape index (κ2) is 10.4. The number of benzene rings is 1. The smallest absolute Gasteiger partial charge is 0.225 e. The molecule has 186 valence electrons. The summed E-state index contributed by atoms with van der Waals surface area (Å²) in [5.74, 6) is 1.47. The third kappa shape index (κ3) is 5.55. The van der Waals surface area contributed by atoms with Gasteiger partial charge in [-0.3, -0.25) is 9.59 Å². The van der Waals surface area contributed by atoms with Crippen molar-refractivity contribution in [3.05, 3.63) is 35.7 Å². The van der Waals surface area contributed by atoms with Crippen LogP contribution in [0.5, 0.6) is 0 Å². The summed E-state index contributed by atoms with van der Waals surface area (Å²) in [6, 6.07) is 8.50. The van der Waals surface area contributed by atoms with Crippen molar-refractivity contribution in [2.75, 3.05) is 37.4 Å². The highest BCUT2D eigenvalue weighted by Gasteiger charge is 2.36. The Morgan fingerprint density at radius 2 is 1.91 bits per heavy atom. The normalized spacial score (nSPS) is 26.3. The van der Waals surface area contributed by atoms with Crippen molar-refractivity contribution in [1.82, 2.24) is 20.2 Å². The van der Waals surface area contributed by atoms with Gasteiger partial charge in [0.25, 0.3) is 0 Å². The number of fused-ring (bicyclic) bond motifs is 1. The fourth-order valence-electron chi connectivity index (χ4n) is 5.27. The molecule has 8 nitrogen and oxygen atoms in total. The predicted octanol–water partition coefficient (Wildman–Crippen LogP) is 3.40. The number of rotatable bonds is 7. The second-order valence-electron chi connectivity index (χ2n) is 10.0. The molecule has 2 amide bonds. The van der Waals surface area contributed by atoms with E-state index < -0.39 is 0 Å². The van der Waals surface area contributed by atoms with Crippen LogP contribution in [0.3, 0.4) is 0 Å². The average molecular weight is 495 g/mol. The van der Waals surface area contributed by atoms with E-state index in [1.54, 1.807) is 11.8 Å². The largest absolute Gasteiger partial charge is 0.362 e. The minimum absolute atomic E-state index is 0.0305. The molecule has 2 aliphatic heterocycles. The maximum absolute atomic E-state index is 12.9. The summed E-state index contributed by atoms with van der Waals surface area (Å²) in [7, 11) is 3.99. The Bertz CT molecular complexity index is 1110. The summed E-state index contributed by atoms with van der Waals surface area (Å²) in [6.07, 6.45) is 7.20. The highest BCUT2D eigenvalue weighted by atomic mass is 32.2. The van der Waals surface area contributed by atoms with Crippen LogP contribution in [0.15, 0.2) is 35.7 Å². The average Bonchev–Trinajstić information content (AvgIpc) is 3.50. The molecule has 0 bridgehead atoms. The highest BCUT2D eigenvalue weighted by molar-refractivity contribution is 8.03. The summed E-state index contributed by atoms with van der Waals surface area (Å²) in [5, 5.41) is 10.3. The van der Waals surface area contributed by atoms with Gasteiger partial charge in [-0.15, -0.1) is 11.8 Å². The van der Waals surface area contributed by atoms with Gasteiger partial charge < -0.3 is 20.4 Å². The van der Waals surface area contributed by atoms with Gasteiger partial charge in [0.1, 0.15) is 5.82 Å². The molecule has 0 radical (unpaired) electrons. The summed E-state index contributed by atoms with van der Waals surface area (Å²) in [4.78, 5) is 38.7. The van der Waals surface area contributed by atoms with Gasteiger partial charge in [-0.1, -0.05) is 18.2 Å². The predicted molar refractivity (Wildman–Crippen MR) is 141 cm³/mol. The van der Waals surface area contributed by atoms with E-state index in [0.717, 1.165) is 55.4 Å². The molecule has 0 spiro atoms. The van der Waals surface area contributed by atoms with E-state index in [1.165, 1.54) is 0 Å². The second-order valence-corrected chi connectivity index (χ2v) is 11.3. The van der Waals surface area contributed by atoms with Crippen LogP contribution in [0.25, 0.3) is 10.9 Å². The Labute approximate surface area is 210 Å². The van der Waals surface area contributed by atoms with E-state index in [2.05, 4.69) is 22.1 Å². The summed E-state index contributed by atoms with van der Waals surface area (Å²) in [6.45, 7) is 1.29. The fourth-order valence-corrected chi connectivity index (χ4v) is 6.20. The fraction of sp³-hybridized carbons (Fsp3) is 0.538. The maximum atomic E-state index is 12.9. The molecule has 5 rings (SSSR count). The van der Waals surface area contributed by atoms with Gasteiger partial charge in [0.05, 0.1) is 11.4 Å². The zero-order valence-corrected chi connectivity index (χ0v) is 21.3. The quantitative estimate of drug-likeness (QED) is 0.610. The van der Waals surface area contributed by atoms with Crippen molar-refractivity contribution in [2.24, 2.45) is 5.92 Å². The van der Waals surface area contributed by atoms with Gasteiger partial charge in [0.15, 0.2) is 0 Å². The first-order chi connectivity index (χ1) is 17.0. The zero-order chi connectivity index (χ0) is 24.4. The molecule has 1 saturated heterocycles.